The first-order chi connectivity index (χ1) is 18.9. The number of hydrogen-bond donors (Lipinski definition) is 2. The molecule has 0 aliphatic carbocycles. The maximum atomic E-state index is 14.4. The van der Waals surface area contributed by atoms with E-state index < -0.39 is 6.43 Å². The Morgan fingerprint density at radius 2 is 2.13 bits per heavy atom. The van der Waals surface area contributed by atoms with Crippen LogP contribution in [0.2, 0.25) is 0 Å². The number of alkyl halides is 2. The first-order valence-electron chi connectivity index (χ1n) is 13.6. The number of urea groups is 1. The summed E-state index contributed by atoms with van der Waals surface area (Å²) in [6, 6.07) is 3.46. The molecule has 11 heteroatoms. The predicted molar refractivity (Wildman–Crippen MR) is 148 cm³/mol. The molecule has 0 saturated carbocycles. The Morgan fingerprint density at radius 1 is 1.31 bits per heavy atom. The van der Waals surface area contributed by atoms with E-state index in [0.717, 1.165) is 54.0 Å². The summed E-state index contributed by atoms with van der Waals surface area (Å²) in [7, 11) is 3.22. The molecule has 2 atom stereocenters. The molecule has 2 aromatic rings. The maximum absolute atomic E-state index is 14.4. The van der Waals surface area contributed by atoms with Crippen LogP contribution in [0.4, 0.5) is 25.1 Å². The molecule has 3 N–H and O–H groups in total. The monoisotopic (exact) mass is 541 g/mol. The van der Waals surface area contributed by atoms with Crippen molar-refractivity contribution in [2.45, 2.75) is 64.1 Å². The Balaban J connectivity index is 1.63. The molecule has 1 saturated heterocycles. The summed E-state index contributed by atoms with van der Waals surface area (Å²) in [6.45, 7) is 4.42. The molecular formula is C28H37F2N7O2. The van der Waals surface area contributed by atoms with Gasteiger partial charge in [0.15, 0.2) is 5.82 Å². The lowest BCUT2D eigenvalue weighted by atomic mass is 9.92. The number of aliphatic imine (C=N–C) groups is 1. The van der Waals surface area contributed by atoms with Crippen molar-refractivity contribution in [3.63, 3.8) is 0 Å². The van der Waals surface area contributed by atoms with E-state index in [1.54, 1.807) is 25.1 Å². The van der Waals surface area contributed by atoms with Crippen molar-refractivity contribution in [2.75, 3.05) is 38.7 Å². The molecule has 210 valence electrons. The summed E-state index contributed by atoms with van der Waals surface area (Å²) in [4.78, 5) is 20.4. The van der Waals surface area contributed by atoms with Crippen LogP contribution in [-0.2, 0) is 24.1 Å². The van der Waals surface area contributed by atoms with E-state index in [4.69, 9.17) is 15.6 Å². The lowest BCUT2D eigenvalue weighted by molar-refractivity contribution is 0.00282. The minimum atomic E-state index is -2.69. The van der Waals surface area contributed by atoms with Gasteiger partial charge >= 0.3 is 6.03 Å². The van der Waals surface area contributed by atoms with Crippen LogP contribution in [0.15, 0.2) is 23.3 Å². The number of carbonyl (C=O) groups excluding carboxylic acids is 1. The molecule has 0 spiro atoms. The summed E-state index contributed by atoms with van der Waals surface area (Å²) < 4.78 is 36.7. The zero-order valence-electron chi connectivity index (χ0n) is 22.8. The normalized spacial score (nSPS) is 21.8. The van der Waals surface area contributed by atoms with Crippen LogP contribution >= 0.6 is 0 Å². The zero-order chi connectivity index (χ0) is 27.7. The Bertz CT molecular complexity index is 1290. The number of nitrogens with zero attached hydrogens (tertiary/aromatic N) is 5. The Kier molecular flexibility index (Phi) is 7.88. The van der Waals surface area contributed by atoms with Gasteiger partial charge in [-0.05, 0) is 55.9 Å². The lowest BCUT2D eigenvalue weighted by Crippen LogP contribution is -2.42. The number of amides is 2. The molecule has 5 rings (SSSR count). The minimum Gasteiger partial charge on any atom is -0.404 e. The van der Waals surface area contributed by atoms with Gasteiger partial charge in [0, 0.05) is 80.7 Å². The van der Waals surface area contributed by atoms with Gasteiger partial charge in [-0.25, -0.2) is 13.6 Å². The van der Waals surface area contributed by atoms with E-state index in [1.165, 1.54) is 12.4 Å². The van der Waals surface area contributed by atoms with Crippen molar-refractivity contribution in [3.8, 4) is 0 Å². The molecule has 1 aromatic carbocycles. The summed E-state index contributed by atoms with van der Waals surface area (Å²) in [5, 5.41) is 7.89. The number of benzene rings is 1. The molecular weight excluding hydrogens is 504 g/mol. The SMILES string of the molecule is CN=CC(=CN)c1cc2c(cc1C(F)F)N(c1nn(C3CCO[C@H](C)C3)c3c1CN(C(=O)NC)CC3)CCC2. The fraction of sp³-hybridized carbons (Fsp3) is 0.536. The number of fused-ring (bicyclic) bond motifs is 2. The molecule has 1 unspecified atom stereocenters. The van der Waals surface area contributed by atoms with Crippen molar-refractivity contribution >= 4 is 29.3 Å². The topological polar surface area (TPSA) is 101 Å². The Morgan fingerprint density at radius 3 is 2.82 bits per heavy atom. The van der Waals surface area contributed by atoms with Gasteiger partial charge in [0.05, 0.1) is 18.7 Å². The standard InChI is InChI=1S/C28H37F2N7O2/c1-17-11-20(7-10-39-17)37-24-6-9-35(28(38)33-3)16-23(24)27(34-37)36-8-4-5-18-12-21(19(14-31)15-32-2)22(26(29)30)13-25(18)36/h12-15,17,20,26H,4-11,16,31H2,1-3H3,(H,33,38)/t17-,20?/m1/s1. The van der Waals surface area contributed by atoms with Crippen LogP contribution in [0.5, 0.6) is 0 Å². The average Bonchev–Trinajstić information content (AvgIpc) is 3.33. The van der Waals surface area contributed by atoms with Gasteiger partial charge in [-0.3, -0.25) is 9.67 Å². The maximum Gasteiger partial charge on any atom is 0.317 e. The first-order valence-corrected chi connectivity index (χ1v) is 13.6. The zero-order valence-corrected chi connectivity index (χ0v) is 22.8. The highest BCUT2D eigenvalue weighted by atomic mass is 19.3. The van der Waals surface area contributed by atoms with Crippen molar-refractivity contribution < 1.29 is 18.3 Å². The van der Waals surface area contributed by atoms with E-state index in [1.807, 2.05) is 6.07 Å². The van der Waals surface area contributed by atoms with Gasteiger partial charge in [-0.15, -0.1) is 0 Å². The number of ether oxygens (including phenoxy) is 1. The molecule has 0 bridgehead atoms. The second kappa shape index (κ2) is 11.3. The number of aryl methyl sites for hydroxylation is 1. The Hall–Kier alpha value is -3.47. The molecule has 39 heavy (non-hydrogen) atoms. The highest BCUT2D eigenvalue weighted by Crippen LogP contribution is 2.42. The van der Waals surface area contributed by atoms with E-state index >= 15 is 0 Å². The smallest absolute Gasteiger partial charge is 0.317 e. The van der Waals surface area contributed by atoms with Crippen LogP contribution < -0.4 is 16.0 Å². The summed E-state index contributed by atoms with van der Waals surface area (Å²) in [6.07, 6.45) is 4.29. The highest BCUT2D eigenvalue weighted by molar-refractivity contribution is 6.10. The third-order valence-electron chi connectivity index (χ3n) is 7.99. The van der Waals surface area contributed by atoms with Crippen molar-refractivity contribution in [3.05, 3.63) is 46.3 Å². The summed E-state index contributed by atoms with van der Waals surface area (Å²) >= 11 is 0. The van der Waals surface area contributed by atoms with Crippen molar-refractivity contribution in [1.29, 1.82) is 0 Å². The average molecular weight is 542 g/mol. The van der Waals surface area contributed by atoms with Crippen LogP contribution in [0.1, 0.15) is 66.6 Å². The number of aromatic nitrogens is 2. The van der Waals surface area contributed by atoms with E-state index in [2.05, 4.69) is 26.8 Å². The number of nitrogens with two attached hydrogens (primary N) is 1. The van der Waals surface area contributed by atoms with E-state index in [-0.39, 0.29) is 23.7 Å². The highest BCUT2D eigenvalue weighted by Gasteiger charge is 2.35. The van der Waals surface area contributed by atoms with Crippen molar-refractivity contribution in [2.24, 2.45) is 10.7 Å². The van der Waals surface area contributed by atoms with Gasteiger partial charge in [0.1, 0.15) is 0 Å². The predicted octanol–water partition coefficient (Wildman–Crippen LogP) is 4.34. The molecule has 3 aliphatic rings. The number of nitrogens with one attached hydrogen (secondary N) is 1. The molecule has 0 radical (unpaired) electrons. The molecule has 3 aliphatic heterocycles. The first kappa shape index (κ1) is 27.1. The lowest BCUT2D eigenvalue weighted by Gasteiger charge is -2.33. The summed E-state index contributed by atoms with van der Waals surface area (Å²) in [5.74, 6) is 0.747. The van der Waals surface area contributed by atoms with Crippen LogP contribution in [0, 0.1) is 0 Å². The quantitative estimate of drug-likeness (QED) is 0.549. The van der Waals surface area contributed by atoms with Gasteiger partial charge in [-0.1, -0.05) is 0 Å². The van der Waals surface area contributed by atoms with Gasteiger partial charge in [0.2, 0.25) is 0 Å². The second-order valence-corrected chi connectivity index (χ2v) is 10.4. The number of allylic oxidation sites excluding steroid dienone is 1. The molecule has 9 nitrogen and oxygen atoms in total. The number of rotatable bonds is 5. The number of halogens is 2. The molecule has 4 heterocycles. The minimum absolute atomic E-state index is 0.0872. The van der Waals surface area contributed by atoms with Crippen LogP contribution in [-0.4, -0.2) is 66.8 Å². The fourth-order valence-corrected chi connectivity index (χ4v) is 6.12. The van der Waals surface area contributed by atoms with E-state index in [9.17, 15) is 13.6 Å². The fourth-order valence-electron chi connectivity index (χ4n) is 6.12. The third-order valence-corrected chi connectivity index (χ3v) is 7.99. The van der Waals surface area contributed by atoms with Gasteiger partial charge in [-0.2, -0.15) is 5.10 Å². The van der Waals surface area contributed by atoms with Gasteiger partial charge in [0.25, 0.3) is 6.43 Å². The van der Waals surface area contributed by atoms with Crippen LogP contribution in [0.25, 0.3) is 5.57 Å². The molecule has 1 aromatic heterocycles. The third kappa shape index (κ3) is 5.11. The number of hydrogen-bond acceptors (Lipinski definition) is 6. The number of anilines is 2. The van der Waals surface area contributed by atoms with E-state index in [0.29, 0.717) is 43.8 Å². The largest absolute Gasteiger partial charge is 0.404 e. The molecule has 1 fully saturated rings. The van der Waals surface area contributed by atoms with Crippen molar-refractivity contribution in [1.82, 2.24) is 20.0 Å². The van der Waals surface area contributed by atoms with Gasteiger partial charge < -0.3 is 25.6 Å². The second-order valence-electron chi connectivity index (χ2n) is 10.4. The molecule has 2 amide bonds. The summed E-state index contributed by atoms with van der Waals surface area (Å²) in [5.41, 5.74) is 10.4. The van der Waals surface area contributed by atoms with Crippen LogP contribution in [0.3, 0.4) is 0 Å². The number of carbonyl (C=O) groups is 1. The Labute approximate surface area is 227 Å².